The first-order valence-corrected chi connectivity index (χ1v) is 15.7. The number of carbonyl (C=O) groups is 1. The largest absolute Gasteiger partial charge is 0.462 e. The Balaban J connectivity index is 0.00000382. The van der Waals surface area contributed by atoms with Gasteiger partial charge in [-0.15, -0.1) is 12.3 Å². The highest BCUT2D eigenvalue weighted by Crippen LogP contribution is 2.48. The molecule has 1 aromatic rings. The fraction of sp³-hybridized carbons (Fsp3) is 0.639. The molecule has 0 aliphatic heterocycles. The maximum Gasteiger partial charge on any atom is 0.312 e. The number of hydrogen-bond acceptors (Lipinski definition) is 5. The summed E-state index contributed by atoms with van der Waals surface area (Å²) in [5.41, 5.74) is 4.18. The highest BCUT2D eigenvalue weighted by Gasteiger charge is 2.34. The van der Waals surface area contributed by atoms with Gasteiger partial charge in [-0.3, -0.25) is 4.79 Å². The number of unbranched alkanes of at least 4 members (excludes halogenated alkanes) is 2. The normalized spacial score (nSPS) is 17.5. The molecule has 5 nitrogen and oxygen atoms in total. The van der Waals surface area contributed by atoms with Gasteiger partial charge in [0.15, 0.2) is 0 Å². The molecule has 3 atom stereocenters. The third-order valence-electron chi connectivity index (χ3n) is 7.00. The molecule has 0 spiro atoms. The molecule has 41 heavy (non-hydrogen) atoms. The van der Waals surface area contributed by atoms with E-state index >= 15 is 0 Å². The number of hydrogen-bond donors (Lipinski definition) is 1. The Hall–Kier alpha value is -2.55. The maximum absolute atomic E-state index is 12.9. The molecule has 0 fully saturated rings. The summed E-state index contributed by atoms with van der Waals surface area (Å²) in [5.74, 6) is 2.01. The molecule has 0 amide bonds. The van der Waals surface area contributed by atoms with E-state index in [9.17, 15) is 9.90 Å². The molecular weight excluding hydrogens is 510 g/mol. The fourth-order valence-electron chi connectivity index (χ4n) is 4.86. The molecule has 5 heteroatoms. The number of ether oxygens (including phenoxy) is 2. The highest BCUT2D eigenvalue weighted by molar-refractivity contribution is 5.74. The van der Waals surface area contributed by atoms with Crippen molar-refractivity contribution in [3.05, 3.63) is 47.1 Å². The van der Waals surface area contributed by atoms with Crippen molar-refractivity contribution in [3.8, 4) is 23.8 Å². The number of aliphatic hydroxyl groups is 1. The van der Waals surface area contributed by atoms with Crippen LogP contribution < -0.4 is 9.47 Å². The summed E-state index contributed by atoms with van der Waals surface area (Å²) >= 11 is 0. The number of terminal acetylenes is 1. The van der Waals surface area contributed by atoms with E-state index in [-0.39, 0.29) is 24.2 Å². The second-order valence-electron chi connectivity index (χ2n) is 11.0. The minimum absolute atomic E-state index is 0.0778. The van der Waals surface area contributed by atoms with E-state index in [0.29, 0.717) is 30.9 Å². The van der Waals surface area contributed by atoms with Crippen LogP contribution in [0.5, 0.6) is 11.5 Å². The number of nitrogens with zero attached hydrogens (tertiary/aromatic N) is 1. The third kappa shape index (κ3) is 13.8. The van der Waals surface area contributed by atoms with Crippen LogP contribution in [0.2, 0.25) is 0 Å². The van der Waals surface area contributed by atoms with Gasteiger partial charge in [0.1, 0.15) is 11.5 Å². The minimum atomic E-state index is -1.46. The molecule has 0 bridgehead atoms. The van der Waals surface area contributed by atoms with E-state index in [1.807, 2.05) is 58.8 Å². The van der Waals surface area contributed by atoms with Gasteiger partial charge in [-0.05, 0) is 77.2 Å². The molecule has 0 radical (unpaired) electrons. The van der Waals surface area contributed by atoms with E-state index in [1.54, 1.807) is 6.92 Å². The second-order valence-corrected chi connectivity index (χ2v) is 11.0. The third-order valence-corrected chi connectivity index (χ3v) is 7.00. The average molecular weight is 570 g/mol. The van der Waals surface area contributed by atoms with Crippen LogP contribution in [0.3, 0.4) is 0 Å². The van der Waals surface area contributed by atoms with E-state index in [4.69, 9.17) is 15.9 Å². The van der Waals surface area contributed by atoms with Crippen molar-refractivity contribution in [1.29, 1.82) is 0 Å². The number of allylic oxidation sites excluding steroid dienone is 3. The number of rotatable bonds is 14. The van der Waals surface area contributed by atoms with Crippen molar-refractivity contribution in [2.45, 2.75) is 125 Å². The molecule has 0 saturated heterocycles. The Morgan fingerprint density at radius 3 is 2.39 bits per heavy atom. The predicted octanol–water partition coefficient (Wildman–Crippen LogP) is 8.85. The Morgan fingerprint density at radius 2 is 1.83 bits per heavy atom. The van der Waals surface area contributed by atoms with Gasteiger partial charge in [-0.1, -0.05) is 71.3 Å². The predicted molar refractivity (Wildman–Crippen MR) is 175 cm³/mol. The summed E-state index contributed by atoms with van der Waals surface area (Å²) in [7, 11) is 3.87. The zero-order chi connectivity index (χ0) is 31.6. The quantitative estimate of drug-likeness (QED) is 0.0606. The lowest BCUT2D eigenvalue weighted by Gasteiger charge is -2.34. The zero-order valence-corrected chi connectivity index (χ0v) is 27.9. The molecule has 2 rings (SSSR count). The molecule has 3 unspecified atom stereocenters. The van der Waals surface area contributed by atoms with Gasteiger partial charge in [-0.2, -0.15) is 0 Å². The summed E-state index contributed by atoms with van der Waals surface area (Å²) in [5, 5.41) is 11.1. The molecular formula is C36H59NO4. The monoisotopic (exact) mass is 569 g/mol. The Labute approximate surface area is 252 Å². The SMILES string of the molecule is C#CCCC(C)(O)Oc1cc(CCCCC)cc(OC(=O)CCN(C)C)c1C1C=C(C)CCC1C(=C)C.CC.CC. The number of aryl methyl sites for hydroxylation is 1. The first-order chi connectivity index (χ1) is 19.5. The van der Waals surface area contributed by atoms with E-state index in [2.05, 4.69) is 39.3 Å². The number of esters is 1. The van der Waals surface area contributed by atoms with Crippen LogP contribution in [0, 0.1) is 18.3 Å². The van der Waals surface area contributed by atoms with Crippen molar-refractivity contribution in [2.75, 3.05) is 20.6 Å². The van der Waals surface area contributed by atoms with Gasteiger partial charge in [-0.25, -0.2) is 0 Å². The summed E-state index contributed by atoms with van der Waals surface area (Å²) < 4.78 is 12.4. The van der Waals surface area contributed by atoms with Crippen molar-refractivity contribution in [2.24, 2.45) is 5.92 Å². The summed E-state index contributed by atoms with van der Waals surface area (Å²) in [6, 6.07) is 4.01. The summed E-state index contributed by atoms with van der Waals surface area (Å²) in [6.07, 6.45) is 14.7. The Bertz CT molecular complexity index is 1000. The fourth-order valence-corrected chi connectivity index (χ4v) is 4.86. The summed E-state index contributed by atoms with van der Waals surface area (Å²) in [4.78, 5) is 14.9. The van der Waals surface area contributed by atoms with Crippen molar-refractivity contribution >= 4 is 5.97 Å². The molecule has 1 N–H and O–H groups in total. The lowest BCUT2D eigenvalue weighted by Crippen LogP contribution is -2.32. The van der Waals surface area contributed by atoms with E-state index < -0.39 is 5.79 Å². The lowest BCUT2D eigenvalue weighted by molar-refractivity contribution is -0.134. The number of carbonyl (C=O) groups excluding carboxylic acids is 1. The molecule has 0 heterocycles. The van der Waals surface area contributed by atoms with Crippen LogP contribution in [-0.4, -0.2) is 42.4 Å². The zero-order valence-electron chi connectivity index (χ0n) is 27.9. The second kappa shape index (κ2) is 20.3. The van der Waals surface area contributed by atoms with E-state index in [1.165, 1.54) is 5.57 Å². The van der Waals surface area contributed by atoms with Gasteiger partial charge >= 0.3 is 5.97 Å². The molecule has 232 valence electrons. The van der Waals surface area contributed by atoms with Crippen molar-refractivity contribution in [3.63, 3.8) is 0 Å². The Morgan fingerprint density at radius 1 is 1.20 bits per heavy atom. The average Bonchev–Trinajstić information content (AvgIpc) is 2.92. The number of benzene rings is 1. The molecule has 1 aliphatic carbocycles. The highest BCUT2D eigenvalue weighted by atomic mass is 16.6. The topological polar surface area (TPSA) is 59.0 Å². The molecule has 0 aromatic heterocycles. The lowest BCUT2D eigenvalue weighted by atomic mass is 9.73. The van der Waals surface area contributed by atoms with Crippen LogP contribution in [0.15, 0.2) is 35.9 Å². The first-order valence-electron chi connectivity index (χ1n) is 15.7. The van der Waals surface area contributed by atoms with Crippen LogP contribution in [0.4, 0.5) is 0 Å². The van der Waals surface area contributed by atoms with Crippen molar-refractivity contribution in [1.82, 2.24) is 4.90 Å². The minimum Gasteiger partial charge on any atom is -0.462 e. The van der Waals surface area contributed by atoms with Gasteiger partial charge in [0.25, 0.3) is 0 Å². The van der Waals surface area contributed by atoms with Crippen LogP contribution >= 0.6 is 0 Å². The van der Waals surface area contributed by atoms with E-state index in [0.717, 1.165) is 55.2 Å². The van der Waals surface area contributed by atoms with Crippen LogP contribution in [0.25, 0.3) is 0 Å². The smallest absolute Gasteiger partial charge is 0.312 e. The van der Waals surface area contributed by atoms with Gasteiger partial charge < -0.3 is 19.5 Å². The van der Waals surface area contributed by atoms with Crippen LogP contribution in [-0.2, 0) is 11.2 Å². The maximum atomic E-state index is 12.9. The molecule has 1 aliphatic rings. The van der Waals surface area contributed by atoms with Crippen molar-refractivity contribution < 1.29 is 19.4 Å². The van der Waals surface area contributed by atoms with Crippen LogP contribution in [0.1, 0.15) is 124 Å². The Kier molecular flexibility index (Phi) is 19.1. The summed E-state index contributed by atoms with van der Waals surface area (Å²) in [6.45, 7) is 20.9. The standard InChI is InChI=1S/C32H47NO4.2C2H6/c1-9-11-13-14-25-21-28(36-30(34)17-19-33(7)8)31(27-20-24(5)15-16-26(27)23(3)4)29(22-25)37-32(6,35)18-12-10-2;2*1-2/h2,20-22,26-27,35H,3,9,11-19H2,1,4-8H3;2*1-2H3. The first kappa shape index (κ1) is 38.5. The van der Waals surface area contributed by atoms with Gasteiger partial charge in [0, 0.05) is 37.8 Å². The van der Waals surface area contributed by atoms with Gasteiger partial charge in [0.2, 0.25) is 5.79 Å². The molecule has 0 saturated carbocycles. The molecule has 1 aromatic carbocycles. The van der Waals surface area contributed by atoms with Gasteiger partial charge in [0.05, 0.1) is 6.42 Å².